The fraction of sp³-hybridized carbons (Fsp3) is 0.103. The number of amides is 2. The van der Waals surface area contributed by atoms with Crippen LogP contribution in [-0.4, -0.2) is 20.2 Å². The lowest BCUT2D eigenvalue weighted by molar-refractivity contribution is 0.0951. The highest BCUT2D eigenvalue weighted by Gasteiger charge is 2.17. The van der Waals surface area contributed by atoms with E-state index in [1.54, 1.807) is 67.6 Å². The Balaban J connectivity index is 1.46. The van der Waals surface area contributed by atoms with Gasteiger partial charge < -0.3 is 10.6 Å². The maximum atomic E-state index is 13.0. The van der Waals surface area contributed by atoms with Crippen molar-refractivity contribution in [3.63, 3.8) is 0 Å². The summed E-state index contributed by atoms with van der Waals surface area (Å²) in [5.41, 5.74) is 3.92. The van der Waals surface area contributed by atoms with E-state index in [9.17, 15) is 18.0 Å². The highest BCUT2D eigenvalue weighted by Crippen LogP contribution is 2.23. The minimum absolute atomic E-state index is 0.154. The average Bonchev–Trinajstić information content (AvgIpc) is 2.89. The molecule has 7 nitrogen and oxygen atoms in total. The van der Waals surface area contributed by atoms with Crippen LogP contribution in [0, 0.1) is 13.8 Å². The van der Waals surface area contributed by atoms with Gasteiger partial charge in [0.1, 0.15) is 0 Å². The Bertz CT molecular complexity index is 1530. The van der Waals surface area contributed by atoms with Gasteiger partial charge in [-0.25, -0.2) is 8.42 Å². The van der Waals surface area contributed by atoms with E-state index in [0.29, 0.717) is 34.6 Å². The number of aryl methyl sites for hydroxylation is 2. The summed E-state index contributed by atoms with van der Waals surface area (Å²) in [5, 5.41) is 5.66. The van der Waals surface area contributed by atoms with Crippen molar-refractivity contribution >= 4 is 33.2 Å². The lowest BCUT2D eigenvalue weighted by Gasteiger charge is -2.14. The number of carbonyl (C=O) groups is 2. The first kappa shape index (κ1) is 25.7. The second-order valence-corrected chi connectivity index (χ2v) is 10.3. The number of hydrogen-bond acceptors (Lipinski definition) is 4. The van der Waals surface area contributed by atoms with Gasteiger partial charge in [-0.15, -0.1) is 0 Å². The molecule has 8 heteroatoms. The van der Waals surface area contributed by atoms with E-state index in [-0.39, 0.29) is 10.8 Å². The number of nitrogens with one attached hydrogen (secondary N) is 3. The molecule has 0 aliphatic rings. The van der Waals surface area contributed by atoms with Crippen LogP contribution in [0.1, 0.15) is 37.4 Å². The van der Waals surface area contributed by atoms with E-state index in [4.69, 9.17) is 0 Å². The van der Waals surface area contributed by atoms with Gasteiger partial charge >= 0.3 is 0 Å². The van der Waals surface area contributed by atoms with E-state index in [1.165, 1.54) is 6.07 Å². The molecule has 0 radical (unpaired) electrons. The Hall–Kier alpha value is -4.43. The number of carbonyl (C=O) groups excluding carboxylic acids is 2. The van der Waals surface area contributed by atoms with Gasteiger partial charge in [-0.1, -0.05) is 60.2 Å². The van der Waals surface area contributed by atoms with Gasteiger partial charge in [0.2, 0.25) is 0 Å². The van der Waals surface area contributed by atoms with Gasteiger partial charge in [0, 0.05) is 12.1 Å². The molecule has 0 heterocycles. The summed E-state index contributed by atoms with van der Waals surface area (Å²) in [6, 6.07) is 27.5. The molecule has 4 aromatic rings. The standard InChI is InChI=1S/C29H27N3O4S/c1-20-12-15-24(16-13-20)37(35,36)32-26-17-14-23(18-21(26)2)28(33)31-27-11-7-6-10-25(27)29(34)30-19-22-8-4-3-5-9-22/h3-18,32H,19H2,1-2H3,(H,30,34)(H,31,33). The Labute approximate surface area is 216 Å². The van der Waals surface area contributed by atoms with Gasteiger partial charge in [-0.3, -0.25) is 14.3 Å². The number of rotatable bonds is 8. The maximum Gasteiger partial charge on any atom is 0.261 e. The third kappa shape index (κ3) is 6.42. The molecule has 3 N–H and O–H groups in total. The molecule has 188 valence electrons. The zero-order valence-electron chi connectivity index (χ0n) is 20.5. The average molecular weight is 514 g/mol. The van der Waals surface area contributed by atoms with Crippen LogP contribution in [0.15, 0.2) is 102 Å². The van der Waals surface area contributed by atoms with E-state index in [1.807, 2.05) is 37.3 Å². The van der Waals surface area contributed by atoms with Crippen molar-refractivity contribution in [1.82, 2.24) is 5.32 Å². The van der Waals surface area contributed by atoms with Gasteiger partial charge in [-0.05, 0) is 67.4 Å². The van der Waals surface area contributed by atoms with Crippen molar-refractivity contribution in [2.24, 2.45) is 0 Å². The predicted octanol–water partition coefficient (Wildman–Crippen LogP) is 5.29. The summed E-state index contributed by atoms with van der Waals surface area (Å²) in [6.07, 6.45) is 0. The van der Waals surface area contributed by atoms with E-state index < -0.39 is 15.9 Å². The summed E-state index contributed by atoms with van der Waals surface area (Å²) in [4.78, 5) is 25.9. The summed E-state index contributed by atoms with van der Waals surface area (Å²) >= 11 is 0. The first-order valence-corrected chi connectivity index (χ1v) is 13.1. The molecule has 0 atom stereocenters. The van der Waals surface area contributed by atoms with Crippen LogP contribution in [0.5, 0.6) is 0 Å². The lowest BCUT2D eigenvalue weighted by atomic mass is 10.1. The first-order chi connectivity index (χ1) is 17.7. The molecule has 0 aromatic heterocycles. The Morgan fingerprint density at radius 3 is 2.11 bits per heavy atom. The van der Waals surface area contributed by atoms with Crippen LogP contribution in [0.2, 0.25) is 0 Å². The van der Waals surface area contributed by atoms with E-state index in [2.05, 4.69) is 15.4 Å². The second kappa shape index (κ2) is 11.1. The fourth-order valence-electron chi connectivity index (χ4n) is 3.70. The van der Waals surface area contributed by atoms with Crippen molar-refractivity contribution in [1.29, 1.82) is 0 Å². The van der Waals surface area contributed by atoms with Gasteiger partial charge in [0.15, 0.2) is 0 Å². The minimum atomic E-state index is -3.77. The van der Waals surface area contributed by atoms with Gasteiger partial charge in [0.05, 0.1) is 21.8 Å². The van der Waals surface area contributed by atoms with Crippen LogP contribution in [0.4, 0.5) is 11.4 Å². The summed E-state index contributed by atoms with van der Waals surface area (Å²) in [6.45, 7) is 3.96. The molecule has 0 bridgehead atoms. The van der Waals surface area contributed by atoms with Crippen molar-refractivity contribution in [2.75, 3.05) is 10.0 Å². The Kier molecular flexibility index (Phi) is 7.69. The number of para-hydroxylation sites is 1. The number of anilines is 2. The zero-order valence-corrected chi connectivity index (χ0v) is 21.3. The molecule has 4 rings (SSSR count). The van der Waals surface area contributed by atoms with Gasteiger partial charge in [0.25, 0.3) is 21.8 Å². The summed E-state index contributed by atoms with van der Waals surface area (Å²) < 4.78 is 28.1. The first-order valence-electron chi connectivity index (χ1n) is 11.7. The summed E-state index contributed by atoms with van der Waals surface area (Å²) in [5.74, 6) is -0.726. The molecule has 4 aromatic carbocycles. The highest BCUT2D eigenvalue weighted by molar-refractivity contribution is 7.92. The number of benzene rings is 4. The molecule has 0 fully saturated rings. The molecular formula is C29H27N3O4S. The molecule has 2 amide bonds. The quantitative estimate of drug-likeness (QED) is 0.298. The van der Waals surface area contributed by atoms with Crippen LogP contribution in [0.25, 0.3) is 0 Å². The Morgan fingerprint density at radius 2 is 1.41 bits per heavy atom. The van der Waals surface area contributed by atoms with E-state index >= 15 is 0 Å². The summed E-state index contributed by atoms with van der Waals surface area (Å²) in [7, 11) is -3.77. The smallest absolute Gasteiger partial charge is 0.261 e. The van der Waals surface area contributed by atoms with E-state index in [0.717, 1.165) is 11.1 Å². The van der Waals surface area contributed by atoms with Crippen molar-refractivity contribution in [2.45, 2.75) is 25.3 Å². The predicted molar refractivity (Wildman–Crippen MR) is 145 cm³/mol. The molecule has 0 saturated carbocycles. The topological polar surface area (TPSA) is 104 Å². The fourth-order valence-corrected chi connectivity index (χ4v) is 4.83. The van der Waals surface area contributed by atoms with Crippen LogP contribution < -0.4 is 15.4 Å². The number of hydrogen-bond donors (Lipinski definition) is 3. The largest absolute Gasteiger partial charge is 0.348 e. The molecule has 0 unspecified atom stereocenters. The Morgan fingerprint density at radius 1 is 0.730 bits per heavy atom. The minimum Gasteiger partial charge on any atom is -0.348 e. The second-order valence-electron chi connectivity index (χ2n) is 8.62. The molecule has 0 saturated heterocycles. The molecule has 0 aliphatic carbocycles. The van der Waals surface area contributed by atoms with Crippen molar-refractivity contribution in [3.05, 3.63) is 125 Å². The third-order valence-electron chi connectivity index (χ3n) is 5.78. The van der Waals surface area contributed by atoms with Crippen LogP contribution in [-0.2, 0) is 16.6 Å². The monoisotopic (exact) mass is 513 g/mol. The molecular weight excluding hydrogens is 486 g/mol. The zero-order chi connectivity index (χ0) is 26.4. The molecule has 0 spiro atoms. The normalized spacial score (nSPS) is 11.0. The maximum absolute atomic E-state index is 13.0. The third-order valence-corrected chi connectivity index (χ3v) is 7.16. The SMILES string of the molecule is Cc1ccc(S(=O)(=O)Nc2ccc(C(=O)Nc3ccccc3C(=O)NCc3ccccc3)cc2C)cc1. The highest BCUT2D eigenvalue weighted by atomic mass is 32.2. The van der Waals surface area contributed by atoms with Crippen LogP contribution in [0.3, 0.4) is 0 Å². The lowest BCUT2D eigenvalue weighted by Crippen LogP contribution is -2.25. The molecule has 37 heavy (non-hydrogen) atoms. The van der Waals surface area contributed by atoms with Crippen LogP contribution >= 0.6 is 0 Å². The molecule has 0 aliphatic heterocycles. The van der Waals surface area contributed by atoms with Gasteiger partial charge in [-0.2, -0.15) is 0 Å². The number of sulfonamides is 1. The van der Waals surface area contributed by atoms with Crippen molar-refractivity contribution < 1.29 is 18.0 Å². The van der Waals surface area contributed by atoms with Crippen molar-refractivity contribution in [3.8, 4) is 0 Å².